The highest BCUT2D eigenvalue weighted by atomic mass is 16.3. The Labute approximate surface area is 127 Å². The largest absolute Gasteiger partial charge is 0.460 e. The van der Waals surface area contributed by atoms with Crippen molar-refractivity contribution in [3.8, 4) is 0 Å². The number of benzene rings is 1. The molecular formula is C19H27NO. The van der Waals surface area contributed by atoms with Crippen LogP contribution in [0.25, 0.3) is 11.0 Å². The molecule has 2 nitrogen and oxygen atoms in total. The molecule has 2 heteroatoms. The van der Waals surface area contributed by atoms with E-state index in [4.69, 9.17) is 4.42 Å². The number of hydrogen-bond acceptors (Lipinski definition) is 2. The molecule has 0 bridgehead atoms. The van der Waals surface area contributed by atoms with E-state index in [9.17, 15) is 0 Å². The molecular weight excluding hydrogens is 258 g/mol. The molecule has 1 fully saturated rings. The van der Waals surface area contributed by atoms with Crippen molar-refractivity contribution in [2.75, 3.05) is 13.1 Å². The van der Waals surface area contributed by atoms with Gasteiger partial charge in [-0.05, 0) is 56.3 Å². The highest BCUT2D eigenvalue weighted by Crippen LogP contribution is 2.42. The van der Waals surface area contributed by atoms with Crippen LogP contribution in [-0.2, 0) is 0 Å². The first kappa shape index (κ1) is 14.6. The molecule has 21 heavy (non-hydrogen) atoms. The van der Waals surface area contributed by atoms with E-state index in [0.717, 1.165) is 24.6 Å². The summed E-state index contributed by atoms with van der Waals surface area (Å²) >= 11 is 0. The first-order valence-electron chi connectivity index (χ1n) is 8.38. The molecule has 0 aliphatic heterocycles. The summed E-state index contributed by atoms with van der Waals surface area (Å²) in [7, 11) is 0. The van der Waals surface area contributed by atoms with E-state index in [1.807, 2.05) is 0 Å². The fourth-order valence-electron chi connectivity index (χ4n) is 3.78. The van der Waals surface area contributed by atoms with Crippen molar-refractivity contribution in [1.82, 2.24) is 5.32 Å². The molecule has 0 spiro atoms. The van der Waals surface area contributed by atoms with E-state index >= 15 is 0 Å². The van der Waals surface area contributed by atoms with Gasteiger partial charge in [-0.25, -0.2) is 0 Å². The minimum absolute atomic E-state index is 0.569. The highest BCUT2D eigenvalue weighted by molar-refractivity contribution is 5.81. The van der Waals surface area contributed by atoms with Gasteiger partial charge in [0, 0.05) is 11.3 Å². The summed E-state index contributed by atoms with van der Waals surface area (Å²) in [5.41, 5.74) is 2.32. The smallest absolute Gasteiger partial charge is 0.137 e. The van der Waals surface area contributed by atoms with Crippen molar-refractivity contribution in [3.63, 3.8) is 0 Å². The lowest BCUT2D eigenvalue weighted by atomic mass is 9.73. The van der Waals surface area contributed by atoms with E-state index < -0.39 is 0 Å². The summed E-state index contributed by atoms with van der Waals surface area (Å²) < 4.78 is 6.27. The topological polar surface area (TPSA) is 25.2 Å². The van der Waals surface area contributed by atoms with Crippen molar-refractivity contribution < 1.29 is 4.42 Å². The Morgan fingerprint density at radius 2 is 2.14 bits per heavy atom. The molecule has 3 atom stereocenters. The van der Waals surface area contributed by atoms with Gasteiger partial charge in [0.2, 0.25) is 0 Å². The van der Waals surface area contributed by atoms with E-state index in [-0.39, 0.29) is 0 Å². The number of para-hydroxylation sites is 1. The maximum absolute atomic E-state index is 6.27. The maximum atomic E-state index is 6.27. The molecule has 1 aromatic carbocycles. The Bertz CT molecular complexity index is 599. The molecule has 0 amide bonds. The Morgan fingerprint density at radius 3 is 2.90 bits per heavy atom. The molecule has 1 saturated carbocycles. The minimum Gasteiger partial charge on any atom is -0.460 e. The lowest BCUT2D eigenvalue weighted by Crippen LogP contribution is -2.31. The summed E-state index contributed by atoms with van der Waals surface area (Å²) in [5.74, 6) is 3.29. The zero-order valence-electron chi connectivity index (χ0n) is 13.5. The Kier molecular flexibility index (Phi) is 4.34. The van der Waals surface area contributed by atoms with E-state index in [1.165, 1.54) is 36.0 Å². The molecule has 0 radical (unpaired) electrons. The maximum Gasteiger partial charge on any atom is 0.137 e. The zero-order valence-corrected chi connectivity index (χ0v) is 13.5. The third-order valence-electron chi connectivity index (χ3n) is 5.04. The van der Waals surface area contributed by atoms with Crippen LogP contribution in [0.5, 0.6) is 0 Å². The molecule has 114 valence electrons. The normalized spacial score (nSPS) is 26.3. The molecule has 1 heterocycles. The molecule has 2 aromatic rings. The quantitative estimate of drug-likeness (QED) is 0.867. The van der Waals surface area contributed by atoms with Gasteiger partial charge in [-0.15, -0.1) is 0 Å². The van der Waals surface area contributed by atoms with Crippen LogP contribution in [0.3, 0.4) is 0 Å². The van der Waals surface area contributed by atoms with Gasteiger partial charge >= 0.3 is 0 Å². The van der Waals surface area contributed by atoms with Gasteiger partial charge in [0.05, 0.1) is 0 Å². The van der Waals surface area contributed by atoms with Crippen LogP contribution in [0.15, 0.2) is 28.7 Å². The first-order valence-corrected chi connectivity index (χ1v) is 8.38. The molecule has 1 aliphatic carbocycles. The van der Waals surface area contributed by atoms with Crippen molar-refractivity contribution >= 4 is 11.0 Å². The van der Waals surface area contributed by atoms with Gasteiger partial charge in [0.15, 0.2) is 0 Å². The second-order valence-electron chi connectivity index (χ2n) is 6.73. The van der Waals surface area contributed by atoms with Crippen LogP contribution in [0.1, 0.15) is 50.4 Å². The predicted octanol–water partition coefficient (Wildman–Crippen LogP) is 4.87. The predicted molar refractivity (Wildman–Crippen MR) is 88.7 cm³/mol. The van der Waals surface area contributed by atoms with Crippen LogP contribution in [-0.4, -0.2) is 13.1 Å². The van der Waals surface area contributed by atoms with Gasteiger partial charge in [0.1, 0.15) is 11.3 Å². The summed E-state index contributed by atoms with van der Waals surface area (Å²) in [6.07, 6.45) is 3.93. The van der Waals surface area contributed by atoms with Crippen molar-refractivity contribution in [2.24, 2.45) is 11.8 Å². The number of furan rings is 1. The van der Waals surface area contributed by atoms with Gasteiger partial charge < -0.3 is 9.73 Å². The van der Waals surface area contributed by atoms with Crippen LogP contribution in [0, 0.1) is 18.8 Å². The SMILES string of the molecule is CCNCC1CCC(C)CC1c1cc2cccc(C)c2o1. The van der Waals surface area contributed by atoms with E-state index in [0.29, 0.717) is 11.8 Å². The minimum atomic E-state index is 0.569. The average molecular weight is 285 g/mol. The number of rotatable bonds is 4. The van der Waals surface area contributed by atoms with Gasteiger partial charge in [-0.3, -0.25) is 0 Å². The highest BCUT2D eigenvalue weighted by Gasteiger charge is 2.31. The second-order valence-corrected chi connectivity index (χ2v) is 6.73. The van der Waals surface area contributed by atoms with E-state index in [2.05, 4.69) is 50.4 Å². The number of aryl methyl sites for hydroxylation is 1. The number of hydrogen-bond donors (Lipinski definition) is 1. The van der Waals surface area contributed by atoms with Crippen LogP contribution in [0.4, 0.5) is 0 Å². The average Bonchev–Trinajstić information content (AvgIpc) is 2.91. The Morgan fingerprint density at radius 1 is 1.29 bits per heavy atom. The van der Waals surface area contributed by atoms with Crippen LogP contribution < -0.4 is 5.32 Å². The van der Waals surface area contributed by atoms with Crippen molar-refractivity contribution in [1.29, 1.82) is 0 Å². The lowest BCUT2D eigenvalue weighted by Gasteiger charge is -2.33. The number of nitrogens with one attached hydrogen (secondary N) is 1. The van der Waals surface area contributed by atoms with Crippen molar-refractivity contribution in [3.05, 3.63) is 35.6 Å². The third-order valence-corrected chi connectivity index (χ3v) is 5.04. The molecule has 3 rings (SSSR count). The summed E-state index contributed by atoms with van der Waals surface area (Å²) in [5, 5.41) is 4.79. The zero-order chi connectivity index (χ0) is 14.8. The van der Waals surface area contributed by atoms with Crippen molar-refractivity contribution in [2.45, 2.75) is 46.0 Å². The fraction of sp³-hybridized carbons (Fsp3) is 0.579. The summed E-state index contributed by atoms with van der Waals surface area (Å²) in [6.45, 7) is 8.87. The Balaban J connectivity index is 1.91. The van der Waals surface area contributed by atoms with Gasteiger partial charge in [-0.1, -0.05) is 38.5 Å². The fourth-order valence-corrected chi connectivity index (χ4v) is 3.78. The second kappa shape index (κ2) is 6.23. The monoisotopic (exact) mass is 285 g/mol. The molecule has 0 saturated heterocycles. The third kappa shape index (κ3) is 3.01. The number of fused-ring (bicyclic) bond motifs is 1. The van der Waals surface area contributed by atoms with Gasteiger partial charge in [0.25, 0.3) is 0 Å². The summed E-state index contributed by atoms with van der Waals surface area (Å²) in [4.78, 5) is 0. The molecule has 1 aromatic heterocycles. The van der Waals surface area contributed by atoms with Gasteiger partial charge in [-0.2, -0.15) is 0 Å². The van der Waals surface area contributed by atoms with Crippen LogP contribution >= 0.6 is 0 Å². The van der Waals surface area contributed by atoms with E-state index in [1.54, 1.807) is 0 Å². The molecule has 1 N–H and O–H groups in total. The standard InChI is InChI=1S/C19H27NO/c1-4-20-12-16-9-8-13(2)10-17(16)18-11-15-7-5-6-14(3)19(15)21-18/h5-7,11,13,16-17,20H,4,8-10,12H2,1-3H3. The summed E-state index contributed by atoms with van der Waals surface area (Å²) in [6, 6.07) is 8.71. The van der Waals surface area contributed by atoms with Crippen LogP contribution in [0.2, 0.25) is 0 Å². The lowest BCUT2D eigenvalue weighted by molar-refractivity contribution is 0.222. The molecule has 3 unspecified atom stereocenters. The molecule has 1 aliphatic rings. The first-order chi connectivity index (χ1) is 10.2. The Hall–Kier alpha value is -1.28.